The van der Waals surface area contributed by atoms with Crippen LogP contribution in [0.3, 0.4) is 0 Å². The van der Waals surface area contributed by atoms with E-state index in [0.29, 0.717) is 28.7 Å². The third-order valence-electron chi connectivity index (χ3n) is 3.57. The van der Waals surface area contributed by atoms with Crippen LogP contribution in [0.1, 0.15) is 6.42 Å². The second-order valence-electron chi connectivity index (χ2n) is 5.19. The van der Waals surface area contributed by atoms with Gasteiger partial charge in [0.2, 0.25) is 5.91 Å². The van der Waals surface area contributed by atoms with E-state index >= 15 is 0 Å². The zero-order valence-corrected chi connectivity index (χ0v) is 13.7. The molecule has 22 heavy (non-hydrogen) atoms. The molecule has 0 aromatic heterocycles. The van der Waals surface area contributed by atoms with Gasteiger partial charge in [-0.2, -0.15) is 0 Å². The Bertz CT molecular complexity index is 532. The van der Waals surface area contributed by atoms with Crippen LogP contribution in [0.4, 0.5) is 5.69 Å². The fourth-order valence-corrected chi connectivity index (χ4v) is 2.65. The van der Waals surface area contributed by atoms with E-state index in [2.05, 4.69) is 15.1 Å². The predicted molar refractivity (Wildman–Crippen MR) is 88.3 cm³/mol. The summed E-state index contributed by atoms with van der Waals surface area (Å²) in [6.45, 7) is 4.44. The smallest absolute Gasteiger partial charge is 0.238 e. The molecule has 0 atom stereocenters. The summed E-state index contributed by atoms with van der Waals surface area (Å²) >= 11 is 11.8. The minimum absolute atomic E-state index is 0.0759. The summed E-state index contributed by atoms with van der Waals surface area (Å²) in [4.78, 5) is 26.6. The minimum atomic E-state index is -0.0759. The number of piperazine rings is 1. The molecule has 1 heterocycles. The van der Waals surface area contributed by atoms with Crippen molar-refractivity contribution >= 4 is 41.1 Å². The number of hydrogen-bond acceptors (Lipinski definition) is 4. The Morgan fingerprint density at radius 3 is 2.45 bits per heavy atom. The van der Waals surface area contributed by atoms with Gasteiger partial charge in [-0.1, -0.05) is 23.2 Å². The first-order valence-corrected chi connectivity index (χ1v) is 7.88. The SMILES string of the molecule is O=[C]CCN1CCN(CC(=O)Nc2ccc(Cl)c(Cl)c2)CC1. The Morgan fingerprint density at radius 2 is 1.82 bits per heavy atom. The molecule has 7 heteroatoms. The molecule has 1 aliphatic rings. The van der Waals surface area contributed by atoms with Crippen molar-refractivity contribution in [2.75, 3.05) is 44.6 Å². The molecule has 119 valence electrons. The van der Waals surface area contributed by atoms with Crippen LogP contribution < -0.4 is 5.32 Å². The Kier molecular flexibility index (Phi) is 6.64. The van der Waals surface area contributed by atoms with Crippen molar-refractivity contribution in [3.05, 3.63) is 28.2 Å². The number of carbonyl (C=O) groups excluding carboxylic acids is 2. The van der Waals surface area contributed by atoms with Gasteiger partial charge in [-0.15, -0.1) is 0 Å². The van der Waals surface area contributed by atoms with Gasteiger partial charge in [0.15, 0.2) is 6.29 Å². The fraction of sp³-hybridized carbons (Fsp3) is 0.467. The number of hydrogen-bond donors (Lipinski definition) is 1. The number of halogens is 2. The average Bonchev–Trinajstić information content (AvgIpc) is 2.50. The standard InChI is InChI=1S/C15H18Cl2N3O2/c16-13-3-2-12(10-14(13)17)18-15(22)11-20-7-5-19(6-8-20)4-1-9-21/h2-3,10H,1,4-8,11H2,(H,18,22). The van der Waals surface area contributed by atoms with E-state index in [9.17, 15) is 9.59 Å². The predicted octanol–water partition coefficient (Wildman–Crippen LogP) is 2.05. The Hall–Kier alpha value is -1.14. The first-order valence-electron chi connectivity index (χ1n) is 7.13. The van der Waals surface area contributed by atoms with Crippen LogP contribution in [-0.2, 0) is 9.59 Å². The number of anilines is 1. The minimum Gasteiger partial charge on any atom is -0.325 e. The van der Waals surface area contributed by atoms with E-state index in [1.54, 1.807) is 18.2 Å². The quantitative estimate of drug-likeness (QED) is 0.859. The number of rotatable bonds is 6. The van der Waals surface area contributed by atoms with Crippen LogP contribution in [0.2, 0.25) is 10.0 Å². The molecule has 5 nitrogen and oxygen atoms in total. The first kappa shape index (κ1) is 17.2. The van der Waals surface area contributed by atoms with Gasteiger partial charge in [-0.05, 0) is 18.2 Å². The zero-order chi connectivity index (χ0) is 15.9. The van der Waals surface area contributed by atoms with Gasteiger partial charge in [0.05, 0.1) is 16.6 Å². The molecule has 0 bridgehead atoms. The third-order valence-corrected chi connectivity index (χ3v) is 4.30. The summed E-state index contributed by atoms with van der Waals surface area (Å²) in [6.07, 6.45) is 2.35. The second-order valence-corrected chi connectivity index (χ2v) is 6.00. The molecular formula is C15H18Cl2N3O2. The lowest BCUT2D eigenvalue weighted by atomic mass is 10.3. The molecule has 1 radical (unpaired) electrons. The average molecular weight is 343 g/mol. The number of amides is 1. The molecule has 1 aromatic rings. The van der Waals surface area contributed by atoms with E-state index in [1.807, 2.05) is 6.29 Å². The number of nitrogens with one attached hydrogen (secondary N) is 1. The molecule has 1 fully saturated rings. The molecule has 1 aliphatic heterocycles. The van der Waals surface area contributed by atoms with Gasteiger partial charge in [-0.25, -0.2) is 0 Å². The Balaban J connectivity index is 1.76. The van der Waals surface area contributed by atoms with Crippen molar-refractivity contribution in [2.45, 2.75) is 6.42 Å². The van der Waals surface area contributed by atoms with Crippen LogP contribution in [0.25, 0.3) is 0 Å². The molecule has 1 amide bonds. The molecule has 1 saturated heterocycles. The third kappa shape index (κ3) is 5.25. The van der Waals surface area contributed by atoms with Crippen LogP contribution in [0.5, 0.6) is 0 Å². The maximum atomic E-state index is 12.0. The molecule has 0 aliphatic carbocycles. The summed E-state index contributed by atoms with van der Waals surface area (Å²) in [5.74, 6) is -0.0759. The maximum Gasteiger partial charge on any atom is 0.238 e. The van der Waals surface area contributed by atoms with Crippen LogP contribution >= 0.6 is 23.2 Å². The van der Waals surface area contributed by atoms with Gasteiger partial charge < -0.3 is 10.2 Å². The van der Waals surface area contributed by atoms with Gasteiger partial charge in [0.25, 0.3) is 0 Å². The Morgan fingerprint density at radius 1 is 1.14 bits per heavy atom. The lowest BCUT2D eigenvalue weighted by Gasteiger charge is -2.33. The highest BCUT2D eigenvalue weighted by molar-refractivity contribution is 6.42. The number of benzene rings is 1. The number of carbonyl (C=O) groups is 1. The molecule has 0 saturated carbocycles. The largest absolute Gasteiger partial charge is 0.325 e. The highest BCUT2D eigenvalue weighted by Gasteiger charge is 2.18. The highest BCUT2D eigenvalue weighted by Crippen LogP contribution is 2.24. The van der Waals surface area contributed by atoms with Crippen molar-refractivity contribution in [3.8, 4) is 0 Å². The van der Waals surface area contributed by atoms with Crippen molar-refractivity contribution in [2.24, 2.45) is 0 Å². The molecule has 0 unspecified atom stereocenters. The first-order chi connectivity index (χ1) is 10.6. The lowest BCUT2D eigenvalue weighted by Crippen LogP contribution is -2.48. The summed E-state index contributed by atoms with van der Waals surface area (Å²) in [7, 11) is 0. The van der Waals surface area contributed by atoms with E-state index in [1.165, 1.54) is 0 Å². The lowest BCUT2D eigenvalue weighted by molar-refractivity contribution is -0.117. The van der Waals surface area contributed by atoms with Crippen LogP contribution in [0, 0.1) is 0 Å². The van der Waals surface area contributed by atoms with Crippen molar-refractivity contribution < 1.29 is 9.59 Å². The molecule has 1 aromatic carbocycles. The van der Waals surface area contributed by atoms with Gasteiger partial charge in [-0.3, -0.25) is 14.5 Å². The molecule has 2 rings (SSSR count). The Labute approximate surface area is 140 Å². The monoisotopic (exact) mass is 342 g/mol. The van der Waals surface area contributed by atoms with Crippen molar-refractivity contribution in [1.82, 2.24) is 9.80 Å². The van der Waals surface area contributed by atoms with Crippen LogP contribution in [0.15, 0.2) is 18.2 Å². The summed E-state index contributed by atoms with van der Waals surface area (Å²) in [6, 6.07) is 5.01. The summed E-state index contributed by atoms with van der Waals surface area (Å²) < 4.78 is 0. The van der Waals surface area contributed by atoms with E-state index in [4.69, 9.17) is 23.2 Å². The van der Waals surface area contributed by atoms with E-state index in [0.717, 1.165) is 32.7 Å². The van der Waals surface area contributed by atoms with E-state index < -0.39 is 0 Å². The second kappa shape index (κ2) is 8.48. The van der Waals surface area contributed by atoms with Gasteiger partial charge in [0.1, 0.15) is 0 Å². The topological polar surface area (TPSA) is 52.7 Å². The summed E-state index contributed by atoms with van der Waals surface area (Å²) in [5.41, 5.74) is 0.638. The molecular weight excluding hydrogens is 325 g/mol. The van der Waals surface area contributed by atoms with Gasteiger partial charge in [0, 0.05) is 44.8 Å². The maximum absolute atomic E-state index is 12.0. The summed E-state index contributed by atoms with van der Waals surface area (Å²) in [5, 5.41) is 3.69. The molecule has 1 N–H and O–H groups in total. The zero-order valence-electron chi connectivity index (χ0n) is 12.1. The van der Waals surface area contributed by atoms with Gasteiger partial charge >= 0.3 is 0 Å². The normalized spacial score (nSPS) is 16.5. The van der Waals surface area contributed by atoms with Crippen LogP contribution in [-0.4, -0.2) is 61.3 Å². The number of nitrogens with zero attached hydrogens (tertiary/aromatic N) is 2. The van der Waals surface area contributed by atoms with Crippen molar-refractivity contribution in [1.29, 1.82) is 0 Å². The van der Waals surface area contributed by atoms with E-state index in [-0.39, 0.29) is 5.91 Å². The fourth-order valence-electron chi connectivity index (χ4n) is 2.35. The highest BCUT2D eigenvalue weighted by atomic mass is 35.5. The van der Waals surface area contributed by atoms with Crippen molar-refractivity contribution in [3.63, 3.8) is 0 Å². The molecule has 0 spiro atoms.